The third-order valence-electron chi connectivity index (χ3n) is 1.97. The van der Waals surface area contributed by atoms with Crippen LogP contribution in [-0.2, 0) is 10.1 Å². The number of H-pyrrole nitrogens is 1. The molecule has 0 spiro atoms. The van der Waals surface area contributed by atoms with Gasteiger partial charge in [-0.3, -0.25) is 4.79 Å². The number of hydrogen-bond acceptors (Lipinski definition) is 3. The lowest BCUT2D eigenvalue weighted by molar-refractivity contribution is 0.0586. The lowest BCUT2D eigenvalue weighted by Crippen LogP contribution is -2.23. The molecule has 0 aromatic carbocycles. The summed E-state index contributed by atoms with van der Waals surface area (Å²) in [7, 11) is 1.03. The normalized spacial score (nSPS) is 10.6. The van der Waals surface area contributed by atoms with E-state index >= 15 is 0 Å². The molecule has 0 amide bonds. The summed E-state index contributed by atoms with van der Waals surface area (Å²) in [6.45, 7) is 0. The number of rotatable bonds is 3. The maximum absolute atomic E-state index is 12.8. The van der Waals surface area contributed by atoms with Crippen molar-refractivity contribution in [2.75, 3.05) is 7.11 Å². The Labute approximate surface area is 97.7 Å². The minimum Gasteiger partial charge on any atom is -0.465 e. The summed E-state index contributed by atoms with van der Waals surface area (Å²) < 4.78 is 29.8. The molecule has 0 fully saturated rings. The van der Waals surface area contributed by atoms with Crippen molar-refractivity contribution in [2.24, 2.45) is 0 Å². The number of esters is 1. The van der Waals surface area contributed by atoms with Gasteiger partial charge in [0, 0.05) is 17.1 Å². The summed E-state index contributed by atoms with van der Waals surface area (Å²) in [5, 5.41) is 0.105. The van der Waals surface area contributed by atoms with Crippen molar-refractivity contribution in [2.45, 2.75) is 11.8 Å². The average molecular weight is 296 g/mol. The van der Waals surface area contributed by atoms with Crippen molar-refractivity contribution < 1.29 is 18.3 Å². The van der Waals surface area contributed by atoms with Crippen LogP contribution in [0.3, 0.4) is 0 Å². The van der Waals surface area contributed by atoms with Crippen LogP contribution in [-0.4, -0.2) is 18.1 Å². The second kappa shape index (κ2) is 5.20. The van der Waals surface area contributed by atoms with Crippen molar-refractivity contribution >= 4 is 21.9 Å². The first-order valence-electron chi connectivity index (χ1n) is 4.19. The van der Waals surface area contributed by atoms with E-state index in [1.54, 1.807) is 0 Å². The first-order chi connectivity index (χ1) is 7.52. The van der Waals surface area contributed by atoms with E-state index in [0.29, 0.717) is 0 Å². The summed E-state index contributed by atoms with van der Waals surface area (Å²) >= 11 is 3.00. The maximum atomic E-state index is 12.8. The van der Waals surface area contributed by atoms with E-state index in [1.807, 2.05) is 0 Å². The van der Waals surface area contributed by atoms with Crippen molar-refractivity contribution in [1.82, 2.24) is 4.98 Å². The Kier molecular flexibility index (Phi) is 4.17. The number of methoxy groups -OCH3 is 1. The van der Waals surface area contributed by atoms with E-state index in [1.165, 1.54) is 0 Å². The summed E-state index contributed by atoms with van der Waals surface area (Å²) in [4.78, 5) is 24.8. The zero-order valence-corrected chi connectivity index (χ0v) is 9.81. The number of alkyl halides is 3. The van der Waals surface area contributed by atoms with Crippen molar-refractivity contribution in [3.63, 3.8) is 0 Å². The molecule has 0 saturated carbocycles. The molecule has 4 nitrogen and oxygen atoms in total. The van der Waals surface area contributed by atoms with Crippen molar-refractivity contribution in [1.29, 1.82) is 0 Å². The number of halogens is 3. The van der Waals surface area contributed by atoms with Gasteiger partial charge in [0.2, 0.25) is 0 Å². The number of carbonyl (C=O) groups is 1. The third kappa shape index (κ3) is 2.29. The lowest BCUT2D eigenvalue weighted by Gasteiger charge is -2.09. The molecule has 88 valence electrons. The number of nitrogens with one attached hydrogen (secondary N) is 1. The highest BCUT2D eigenvalue weighted by atomic mass is 79.9. The molecule has 0 atom stereocenters. The lowest BCUT2D eigenvalue weighted by atomic mass is 10.1. The molecule has 1 N–H and O–H groups in total. The minimum atomic E-state index is -2.91. The molecule has 0 saturated heterocycles. The predicted molar refractivity (Wildman–Crippen MR) is 56.0 cm³/mol. The molecule has 16 heavy (non-hydrogen) atoms. The van der Waals surface area contributed by atoms with E-state index in [0.717, 1.165) is 13.3 Å². The van der Waals surface area contributed by atoms with E-state index in [-0.39, 0.29) is 10.9 Å². The van der Waals surface area contributed by atoms with Crippen LogP contribution in [0.5, 0.6) is 0 Å². The van der Waals surface area contributed by atoms with Crippen molar-refractivity contribution in [3.05, 3.63) is 33.2 Å². The van der Waals surface area contributed by atoms with Crippen LogP contribution in [0, 0.1) is 0 Å². The fourth-order valence-electron chi connectivity index (χ4n) is 1.25. The number of carbonyl (C=O) groups excluding carboxylic acids is 1. The zero-order valence-electron chi connectivity index (χ0n) is 8.22. The second-order valence-electron chi connectivity index (χ2n) is 2.86. The van der Waals surface area contributed by atoms with E-state index in [2.05, 4.69) is 25.7 Å². The molecule has 0 aliphatic rings. The van der Waals surface area contributed by atoms with Gasteiger partial charge >= 0.3 is 5.97 Å². The van der Waals surface area contributed by atoms with Gasteiger partial charge in [0.05, 0.1) is 7.11 Å². The molecule has 1 rings (SSSR count). The fourth-order valence-corrected chi connectivity index (χ4v) is 1.71. The van der Waals surface area contributed by atoms with Gasteiger partial charge in [-0.2, -0.15) is 0 Å². The first-order valence-corrected chi connectivity index (χ1v) is 5.32. The molecule has 1 aromatic heterocycles. The highest BCUT2D eigenvalue weighted by molar-refractivity contribution is 9.08. The molecular formula is C9H8BrF2NO3. The molecule has 0 aliphatic heterocycles. The highest BCUT2D eigenvalue weighted by Crippen LogP contribution is 2.26. The van der Waals surface area contributed by atoms with E-state index in [4.69, 9.17) is 0 Å². The number of ether oxygens (including phenoxy) is 1. The molecule has 1 heterocycles. The minimum absolute atomic E-state index is 0.105. The predicted octanol–water partition coefficient (Wildman–Crippen LogP) is 1.99. The average Bonchev–Trinajstić information content (AvgIpc) is 2.27. The van der Waals surface area contributed by atoms with E-state index < -0.39 is 29.1 Å². The van der Waals surface area contributed by atoms with Gasteiger partial charge < -0.3 is 9.72 Å². The molecule has 1 aromatic rings. The van der Waals surface area contributed by atoms with Gasteiger partial charge in [-0.25, -0.2) is 13.6 Å². The Morgan fingerprint density at radius 2 is 2.25 bits per heavy atom. The second-order valence-corrected chi connectivity index (χ2v) is 3.42. The van der Waals surface area contributed by atoms with Crippen molar-refractivity contribution in [3.8, 4) is 0 Å². The van der Waals surface area contributed by atoms with Crippen LogP contribution < -0.4 is 5.56 Å². The van der Waals surface area contributed by atoms with Gasteiger partial charge in [-0.05, 0) is 5.56 Å². The number of aromatic amines is 1. The summed E-state index contributed by atoms with van der Waals surface area (Å²) in [6, 6.07) is 0. The standard InChI is InChI=1S/C9H8BrF2NO3/c1-16-9(15)6-5(7(11)12)4(2-10)3-13-8(6)14/h3,7H,2H2,1H3,(H,13,14). The molecule has 0 aliphatic carbocycles. The maximum Gasteiger partial charge on any atom is 0.344 e. The third-order valence-corrected chi connectivity index (χ3v) is 2.58. The van der Waals surface area contributed by atoms with Crippen LogP contribution in [0.1, 0.15) is 27.9 Å². The van der Waals surface area contributed by atoms with Crippen LogP contribution in [0.2, 0.25) is 0 Å². The highest BCUT2D eigenvalue weighted by Gasteiger charge is 2.25. The summed E-state index contributed by atoms with van der Waals surface area (Å²) in [6.07, 6.45) is -1.77. The molecule has 0 radical (unpaired) electrons. The monoisotopic (exact) mass is 295 g/mol. The SMILES string of the molecule is COC(=O)c1c(C(F)F)c(CBr)c[nH]c1=O. The first kappa shape index (κ1) is 12.8. The smallest absolute Gasteiger partial charge is 0.344 e. The quantitative estimate of drug-likeness (QED) is 0.685. The van der Waals surface area contributed by atoms with Crippen LogP contribution in [0.15, 0.2) is 11.0 Å². The van der Waals surface area contributed by atoms with Gasteiger partial charge in [-0.1, -0.05) is 15.9 Å². The Bertz CT molecular complexity index is 459. The molecule has 0 bridgehead atoms. The van der Waals surface area contributed by atoms with Gasteiger partial charge in [0.25, 0.3) is 12.0 Å². The van der Waals surface area contributed by atoms with Crippen LogP contribution >= 0.6 is 15.9 Å². The van der Waals surface area contributed by atoms with Gasteiger partial charge in [-0.15, -0.1) is 0 Å². The summed E-state index contributed by atoms with van der Waals surface area (Å²) in [5.74, 6) is -1.07. The van der Waals surface area contributed by atoms with Gasteiger partial charge in [0.1, 0.15) is 5.56 Å². The topological polar surface area (TPSA) is 59.2 Å². The van der Waals surface area contributed by atoms with E-state index in [9.17, 15) is 18.4 Å². The summed E-state index contributed by atoms with van der Waals surface area (Å²) in [5.41, 5.74) is -1.97. The number of pyridine rings is 1. The van der Waals surface area contributed by atoms with Crippen LogP contribution in [0.25, 0.3) is 0 Å². The molecule has 7 heteroatoms. The Morgan fingerprint density at radius 1 is 1.62 bits per heavy atom. The Morgan fingerprint density at radius 3 is 2.69 bits per heavy atom. The molecule has 0 unspecified atom stereocenters. The number of aromatic nitrogens is 1. The van der Waals surface area contributed by atoms with Crippen LogP contribution in [0.4, 0.5) is 8.78 Å². The fraction of sp³-hybridized carbons (Fsp3) is 0.333. The Balaban J connectivity index is 3.54. The van der Waals surface area contributed by atoms with Gasteiger partial charge in [0.15, 0.2) is 0 Å². The zero-order chi connectivity index (χ0) is 12.3. The Hall–Kier alpha value is -1.24. The molecular weight excluding hydrogens is 288 g/mol. The largest absolute Gasteiger partial charge is 0.465 e. The number of hydrogen-bond donors (Lipinski definition) is 1.